The van der Waals surface area contributed by atoms with Crippen molar-refractivity contribution in [2.24, 2.45) is 0 Å². The zero-order valence-electron chi connectivity index (χ0n) is 8.98. The Kier molecular flexibility index (Phi) is 6.84. The molecule has 0 atom stereocenters. The molecule has 0 saturated carbocycles. The molecule has 0 amide bonds. The number of hydrogen-bond donors (Lipinski definition) is 0. The minimum atomic E-state index is 1.14. The van der Waals surface area contributed by atoms with Crippen LogP contribution >= 0.6 is 0 Å². The van der Waals surface area contributed by atoms with Gasteiger partial charge in [0, 0.05) is 0 Å². The van der Waals surface area contributed by atoms with Gasteiger partial charge in [-0.25, -0.2) is 0 Å². The van der Waals surface area contributed by atoms with Gasteiger partial charge in [0.2, 0.25) is 0 Å². The van der Waals surface area contributed by atoms with Gasteiger partial charge in [-0.05, 0) is 26.7 Å². The molecule has 0 aliphatic heterocycles. The van der Waals surface area contributed by atoms with Gasteiger partial charge >= 0.3 is 0 Å². The first-order chi connectivity index (χ1) is 5.72. The van der Waals surface area contributed by atoms with E-state index in [1.54, 1.807) is 0 Å². The lowest BCUT2D eigenvalue weighted by molar-refractivity contribution is 0.811. The molecule has 0 aromatic rings. The Labute approximate surface area is 77.4 Å². The molecule has 0 saturated heterocycles. The minimum absolute atomic E-state index is 1.14. The van der Waals surface area contributed by atoms with E-state index in [1.807, 2.05) is 0 Å². The summed E-state index contributed by atoms with van der Waals surface area (Å²) in [6.07, 6.45) is 9.63. The molecule has 12 heavy (non-hydrogen) atoms. The first-order valence-electron chi connectivity index (χ1n) is 5.06. The zero-order chi connectivity index (χ0) is 9.40. The van der Waals surface area contributed by atoms with E-state index in [0.717, 1.165) is 6.42 Å². The predicted octanol–water partition coefficient (Wildman–Crippen LogP) is 4.48. The fraction of sp³-hybridized carbons (Fsp3) is 0.667. The van der Waals surface area contributed by atoms with Gasteiger partial charge in [0.05, 0.1) is 0 Å². The summed E-state index contributed by atoms with van der Waals surface area (Å²) < 4.78 is 0. The SMILES string of the molecule is CC/C=C(C)/C(C)=C/CCCC. The van der Waals surface area contributed by atoms with E-state index in [2.05, 4.69) is 39.8 Å². The van der Waals surface area contributed by atoms with Gasteiger partial charge in [-0.2, -0.15) is 0 Å². The second-order valence-electron chi connectivity index (χ2n) is 3.32. The van der Waals surface area contributed by atoms with E-state index in [9.17, 15) is 0 Å². The summed E-state index contributed by atoms with van der Waals surface area (Å²) in [5.41, 5.74) is 2.89. The highest BCUT2D eigenvalue weighted by Crippen LogP contribution is 2.10. The Morgan fingerprint density at radius 3 is 2.08 bits per heavy atom. The lowest BCUT2D eigenvalue weighted by atomic mass is 10.1. The van der Waals surface area contributed by atoms with Gasteiger partial charge in [-0.1, -0.05) is 50.0 Å². The van der Waals surface area contributed by atoms with Crippen molar-refractivity contribution in [2.45, 2.75) is 53.4 Å². The third-order valence-electron chi connectivity index (χ3n) is 2.14. The maximum absolute atomic E-state index is 2.35. The molecular weight excluding hydrogens is 144 g/mol. The molecule has 0 spiro atoms. The molecule has 0 radical (unpaired) electrons. The molecule has 0 N–H and O–H groups in total. The molecule has 0 unspecified atom stereocenters. The third kappa shape index (κ3) is 5.17. The van der Waals surface area contributed by atoms with Crippen LogP contribution in [0.1, 0.15) is 53.4 Å². The van der Waals surface area contributed by atoms with Crippen LogP contribution in [0.5, 0.6) is 0 Å². The standard InChI is InChI=1S/C12H22/c1-5-7-8-10-12(4)11(3)9-6-2/h9-10H,5-8H2,1-4H3/b11-9+,12-10+. The minimum Gasteiger partial charge on any atom is -0.0816 e. The Balaban J connectivity index is 3.90. The molecule has 0 heteroatoms. The molecular formula is C12H22. The highest BCUT2D eigenvalue weighted by molar-refractivity contribution is 5.26. The lowest BCUT2D eigenvalue weighted by Gasteiger charge is -2.00. The van der Waals surface area contributed by atoms with Crippen molar-refractivity contribution in [2.75, 3.05) is 0 Å². The Hall–Kier alpha value is -0.520. The number of rotatable bonds is 5. The largest absolute Gasteiger partial charge is 0.0816 e. The van der Waals surface area contributed by atoms with Crippen LogP contribution in [0.15, 0.2) is 23.3 Å². The number of hydrogen-bond acceptors (Lipinski definition) is 0. The van der Waals surface area contributed by atoms with Crippen molar-refractivity contribution in [1.29, 1.82) is 0 Å². The van der Waals surface area contributed by atoms with Crippen molar-refractivity contribution >= 4 is 0 Å². The maximum atomic E-state index is 2.35. The van der Waals surface area contributed by atoms with Crippen LogP contribution in [0, 0.1) is 0 Å². The van der Waals surface area contributed by atoms with Crippen molar-refractivity contribution in [3.05, 3.63) is 23.3 Å². The molecule has 0 aromatic heterocycles. The van der Waals surface area contributed by atoms with E-state index >= 15 is 0 Å². The summed E-state index contributed by atoms with van der Waals surface area (Å²) in [6, 6.07) is 0. The van der Waals surface area contributed by atoms with Crippen molar-refractivity contribution in [3.8, 4) is 0 Å². The number of unbranched alkanes of at least 4 members (excludes halogenated alkanes) is 2. The maximum Gasteiger partial charge on any atom is -0.0345 e. The fourth-order valence-electron chi connectivity index (χ4n) is 1.15. The molecule has 0 bridgehead atoms. The monoisotopic (exact) mass is 166 g/mol. The fourth-order valence-corrected chi connectivity index (χ4v) is 1.15. The van der Waals surface area contributed by atoms with Crippen LogP contribution in [0.3, 0.4) is 0 Å². The summed E-state index contributed by atoms with van der Waals surface area (Å²) in [5, 5.41) is 0. The Bertz CT molecular complexity index is 161. The quantitative estimate of drug-likeness (QED) is 0.417. The topological polar surface area (TPSA) is 0 Å². The lowest BCUT2D eigenvalue weighted by Crippen LogP contribution is -1.79. The van der Waals surface area contributed by atoms with E-state index in [4.69, 9.17) is 0 Å². The summed E-state index contributed by atoms with van der Waals surface area (Å²) >= 11 is 0. The molecule has 0 aliphatic rings. The van der Waals surface area contributed by atoms with E-state index in [0.29, 0.717) is 0 Å². The highest BCUT2D eigenvalue weighted by atomic mass is 14.0. The molecule has 0 aromatic carbocycles. The van der Waals surface area contributed by atoms with Crippen LogP contribution in [0.2, 0.25) is 0 Å². The molecule has 0 heterocycles. The van der Waals surface area contributed by atoms with Crippen LogP contribution in [0.4, 0.5) is 0 Å². The number of allylic oxidation sites excluding steroid dienone is 4. The van der Waals surface area contributed by atoms with Crippen molar-refractivity contribution in [1.82, 2.24) is 0 Å². The zero-order valence-corrected chi connectivity index (χ0v) is 8.98. The van der Waals surface area contributed by atoms with E-state index in [1.165, 1.54) is 30.4 Å². The summed E-state index contributed by atoms with van der Waals surface area (Å²) in [6.45, 7) is 8.82. The van der Waals surface area contributed by atoms with Crippen LogP contribution in [-0.2, 0) is 0 Å². The first-order valence-corrected chi connectivity index (χ1v) is 5.06. The van der Waals surface area contributed by atoms with Gasteiger partial charge in [0.25, 0.3) is 0 Å². The smallest absolute Gasteiger partial charge is 0.0345 e. The molecule has 70 valence electrons. The molecule has 0 nitrogen and oxygen atoms in total. The van der Waals surface area contributed by atoms with Crippen LogP contribution < -0.4 is 0 Å². The van der Waals surface area contributed by atoms with Crippen LogP contribution in [0.25, 0.3) is 0 Å². The molecule has 0 rings (SSSR count). The second kappa shape index (κ2) is 7.15. The third-order valence-corrected chi connectivity index (χ3v) is 2.14. The van der Waals surface area contributed by atoms with Gasteiger partial charge in [0.15, 0.2) is 0 Å². The summed E-state index contributed by atoms with van der Waals surface area (Å²) in [4.78, 5) is 0. The van der Waals surface area contributed by atoms with Gasteiger partial charge < -0.3 is 0 Å². The van der Waals surface area contributed by atoms with E-state index < -0.39 is 0 Å². The summed E-state index contributed by atoms with van der Waals surface area (Å²) in [7, 11) is 0. The van der Waals surface area contributed by atoms with Crippen molar-refractivity contribution in [3.63, 3.8) is 0 Å². The predicted molar refractivity (Wildman–Crippen MR) is 57.3 cm³/mol. The summed E-state index contributed by atoms with van der Waals surface area (Å²) in [5.74, 6) is 0. The first kappa shape index (κ1) is 11.5. The van der Waals surface area contributed by atoms with Gasteiger partial charge in [-0.3, -0.25) is 0 Å². The molecule has 0 fully saturated rings. The average molecular weight is 166 g/mol. The van der Waals surface area contributed by atoms with Crippen molar-refractivity contribution < 1.29 is 0 Å². The normalized spacial score (nSPS) is 13.7. The van der Waals surface area contributed by atoms with Crippen LogP contribution in [-0.4, -0.2) is 0 Å². The second-order valence-corrected chi connectivity index (χ2v) is 3.32. The highest BCUT2D eigenvalue weighted by Gasteiger charge is 1.90. The van der Waals surface area contributed by atoms with Gasteiger partial charge in [0.1, 0.15) is 0 Å². The molecule has 0 aliphatic carbocycles. The average Bonchev–Trinajstić information content (AvgIpc) is 2.05. The Morgan fingerprint density at radius 1 is 1.00 bits per heavy atom. The van der Waals surface area contributed by atoms with Gasteiger partial charge in [-0.15, -0.1) is 0 Å². The van der Waals surface area contributed by atoms with E-state index in [-0.39, 0.29) is 0 Å². The Morgan fingerprint density at radius 2 is 1.58 bits per heavy atom.